The van der Waals surface area contributed by atoms with Crippen molar-refractivity contribution in [3.05, 3.63) is 51.7 Å². The highest BCUT2D eigenvalue weighted by Crippen LogP contribution is 2.24. The first-order chi connectivity index (χ1) is 13.4. The molecule has 1 aromatic carbocycles. The predicted octanol–water partition coefficient (Wildman–Crippen LogP) is 2.68. The van der Waals surface area contributed by atoms with Gasteiger partial charge in [0, 0.05) is 15.8 Å². The van der Waals surface area contributed by atoms with Crippen LogP contribution >= 0.6 is 11.3 Å². The van der Waals surface area contributed by atoms with Crippen molar-refractivity contribution in [1.29, 1.82) is 0 Å². The van der Waals surface area contributed by atoms with Gasteiger partial charge in [0.05, 0.1) is 19.3 Å². The molecule has 0 fully saturated rings. The summed E-state index contributed by atoms with van der Waals surface area (Å²) >= 11 is 1.54. The zero-order valence-corrected chi connectivity index (χ0v) is 16.7. The molecule has 1 heterocycles. The summed E-state index contributed by atoms with van der Waals surface area (Å²) in [6.07, 6.45) is 2.88. The molecule has 2 amide bonds. The molecule has 0 bridgehead atoms. The molecule has 28 heavy (non-hydrogen) atoms. The van der Waals surface area contributed by atoms with Crippen LogP contribution in [-0.2, 0) is 19.1 Å². The van der Waals surface area contributed by atoms with E-state index in [9.17, 15) is 14.4 Å². The Kier molecular flexibility index (Phi) is 7.76. The number of methoxy groups -OCH3 is 1. The van der Waals surface area contributed by atoms with Gasteiger partial charge in [0.25, 0.3) is 5.91 Å². The van der Waals surface area contributed by atoms with Crippen molar-refractivity contribution in [2.24, 2.45) is 0 Å². The van der Waals surface area contributed by atoms with Crippen LogP contribution in [0.5, 0.6) is 5.75 Å². The highest BCUT2D eigenvalue weighted by Gasteiger charge is 2.10. The molecule has 0 unspecified atom stereocenters. The van der Waals surface area contributed by atoms with Gasteiger partial charge < -0.3 is 20.1 Å². The number of carbonyl (C=O) groups is 3. The Balaban J connectivity index is 1.73. The van der Waals surface area contributed by atoms with E-state index < -0.39 is 24.4 Å². The summed E-state index contributed by atoms with van der Waals surface area (Å²) in [4.78, 5) is 37.4. The molecule has 0 saturated carbocycles. The summed E-state index contributed by atoms with van der Waals surface area (Å²) < 4.78 is 10.0. The normalized spacial score (nSPS) is 10.5. The average Bonchev–Trinajstić information content (AvgIpc) is 3.08. The lowest BCUT2D eigenvalue weighted by atomic mass is 10.2. The SMILES string of the molecule is COc1ccc(C)cc1NC(=O)CNC(=O)COC(=O)/C=C/c1ccc(C)s1. The summed E-state index contributed by atoms with van der Waals surface area (Å²) in [5.74, 6) is -1.10. The molecular weight excluding hydrogens is 380 g/mol. The molecule has 8 heteroatoms. The number of hydrogen-bond acceptors (Lipinski definition) is 6. The number of amides is 2. The van der Waals surface area contributed by atoms with Gasteiger partial charge in [-0.2, -0.15) is 0 Å². The van der Waals surface area contributed by atoms with Gasteiger partial charge >= 0.3 is 5.97 Å². The Hall–Kier alpha value is -3.13. The van der Waals surface area contributed by atoms with E-state index in [4.69, 9.17) is 9.47 Å². The number of thiophene rings is 1. The van der Waals surface area contributed by atoms with Crippen LogP contribution in [0.15, 0.2) is 36.4 Å². The van der Waals surface area contributed by atoms with Crippen molar-refractivity contribution in [3.8, 4) is 5.75 Å². The van der Waals surface area contributed by atoms with Crippen LogP contribution < -0.4 is 15.4 Å². The second-order valence-electron chi connectivity index (χ2n) is 5.92. The molecule has 2 aromatic rings. The average molecular weight is 402 g/mol. The minimum absolute atomic E-state index is 0.252. The van der Waals surface area contributed by atoms with Gasteiger partial charge in [-0.3, -0.25) is 9.59 Å². The van der Waals surface area contributed by atoms with Gasteiger partial charge in [-0.25, -0.2) is 4.79 Å². The molecule has 0 saturated heterocycles. The van der Waals surface area contributed by atoms with E-state index in [1.54, 1.807) is 29.5 Å². The van der Waals surface area contributed by atoms with Crippen molar-refractivity contribution >= 4 is 40.9 Å². The van der Waals surface area contributed by atoms with E-state index in [0.29, 0.717) is 11.4 Å². The molecule has 0 aliphatic rings. The van der Waals surface area contributed by atoms with Crippen LogP contribution in [-0.4, -0.2) is 38.0 Å². The van der Waals surface area contributed by atoms with Gasteiger partial charge in [0.1, 0.15) is 5.75 Å². The van der Waals surface area contributed by atoms with Crippen LogP contribution in [0.4, 0.5) is 5.69 Å². The lowest BCUT2D eigenvalue weighted by Gasteiger charge is -2.11. The maximum atomic E-state index is 12.0. The summed E-state index contributed by atoms with van der Waals surface area (Å²) in [6, 6.07) is 9.20. The molecule has 2 rings (SSSR count). The van der Waals surface area contributed by atoms with E-state index in [2.05, 4.69) is 10.6 Å². The first kappa shape index (κ1) is 21.2. The van der Waals surface area contributed by atoms with Crippen LogP contribution in [0.25, 0.3) is 6.08 Å². The first-order valence-corrected chi connectivity index (χ1v) is 9.31. The zero-order valence-electron chi connectivity index (χ0n) is 15.9. The van der Waals surface area contributed by atoms with E-state index in [-0.39, 0.29) is 6.54 Å². The Morgan fingerprint density at radius 1 is 1.11 bits per heavy atom. The number of hydrogen-bond donors (Lipinski definition) is 2. The molecule has 7 nitrogen and oxygen atoms in total. The summed E-state index contributed by atoms with van der Waals surface area (Å²) in [5.41, 5.74) is 1.47. The highest BCUT2D eigenvalue weighted by molar-refractivity contribution is 7.12. The van der Waals surface area contributed by atoms with E-state index >= 15 is 0 Å². The number of anilines is 1. The molecule has 1 aromatic heterocycles. The van der Waals surface area contributed by atoms with Crippen LogP contribution in [0.1, 0.15) is 15.3 Å². The fourth-order valence-corrected chi connectivity index (χ4v) is 3.00. The Morgan fingerprint density at radius 3 is 2.57 bits per heavy atom. The van der Waals surface area contributed by atoms with Crippen molar-refractivity contribution in [1.82, 2.24) is 5.32 Å². The molecule has 148 valence electrons. The first-order valence-electron chi connectivity index (χ1n) is 8.50. The lowest BCUT2D eigenvalue weighted by Crippen LogP contribution is -2.35. The van der Waals surface area contributed by atoms with E-state index in [0.717, 1.165) is 15.3 Å². The van der Waals surface area contributed by atoms with Crippen LogP contribution in [0.3, 0.4) is 0 Å². The fraction of sp³-hybridized carbons (Fsp3) is 0.250. The maximum Gasteiger partial charge on any atom is 0.331 e. The zero-order chi connectivity index (χ0) is 20.5. The molecular formula is C20H22N2O5S. The van der Waals surface area contributed by atoms with E-state index in [1.807, 2.05) is 32.0 Å². The standard InChI is InChI=1S/C20H22N2O5S/c1-13-4-8-17(26-3)16(10-13)22-18(23)11-21-19(24)12-27-20(25)9-7-15-6-5-14(2)28-15/h4-10H,11-12H2,1-3H3,(H,21,24)(H,22,23)/b9-7+. The van der Waals surface area contributed by atoms with Crippen LogP contribution in [0.2, 0.25) is 0 Å². The second-order valence-corrected chi connectivity index (χ2v) is 7.24. The van der Waals surface area contributed by atoms with Gasteiger partial charge in [-0.15, -0.1) is 11.3 Å². The summed E-state index contributed by atoms with van der Waals surface area (Å²) in [7, 11) is 1.50. The predicted molar refractivity (Wildman–Crippen MR) is 108 cm³/mol. The number of benzene rings is 1. The summed E-state index contributed by atoms with van der Waals surface area (Å²) in [6.45, 7) is 3.14. The minimum Gasteiger partial charge on any atom is -0.495 e. The molecule has 0 radical (unpaired) electrons. The topological polar surface area (TPSA) is 93.7 Å². The maximum absolute atomic E-state index is 12.0. The minimum atomic E-state index is -0.629. The largest absolute Gasteiger partial charge is 0.495 e. The number of aryl methyl sites for hydroxylation is 2. The van der Waals surface area contributed by atoms with Crippen molar-refractivity contribution < 1.29 is 23.9 Å². The number of esters is 1. The Bertz CT molecular complexity index is 888. The third kappa shape index (κ3) is 6.88. The highest BCUT2D eigenvalue weighted by atomic mass is 32.1. The molecule has 0 atom stereocenters. The Morgan fingerprint density at radius 2 is 1.89 bits per heavy atom. The quantitative estimate of drug-likeness (QED) is 0.523. The number of rotatable bonds is 8. The van der Waals surface area contributed by atoms with Gasteiger partial charge in [0.15, 0.2) is 6.61 Å². The molecule has 2 N–H and O–H groups in total. The molecule has 0 spiro atoms. The van der Waals surface area contributed by atoms with Crippen molar-refractivity contribution in [3.63, 3.8) is 0 Å². The van der Waals surface area contributed by atoms with Crippen molar-refractivity contribution in [2.45, 2.75) is 13.8 Å². The van der Waals surface area contributed by atoms with Crippen LogP contribution in [0, 0.1) is 13.8 Å². The van der Waals surface area contributed by atoms with Crippen molar-refractivity contribution in [2.75, 3.05) is 25.6 Å². The third-order valence-electron chi connectivity index (χ3n) is 3.57. The smallest absolute Gasteiger partial charge is 0.331 e. The molecule has 0 aliphatic heterocycles. The van der Waals surface area contributed by atoms with E-state index in [1.165, 1.54) is 13.2 Å². The monoisotopic (exact) mass is 402 g/mol. The van der Waals surface area contributed by atoms with Gasteiger partial charge in [-0.1, -0.05) is 6.07 Å². The number of carbonyl (C=O) groups excluding carboxylic acids is 3. The van der Waals surface area contributed by atoms with Gasteiger partial charge in [0.2, 0.25) is 5.91 Å². The second kappa shape index (κ2) is 10.3. The Labute approximate surface area is 167 Å². The van der Waals surface area contributed by atoms with Gasteiger partial charge in [-0.05, 0) is 49.8 Å². The molecule has 0 aliphatic carbocycles. The number of nitrogens with one attached hydrogen (secondary N) is 2. The lowest BCUT2D eigenvalue weighted by molar-refractivity contribution is -0.143. The fourth-order valence-electron chi connectivity index (χ4n) is 2.22. The third-order valence-corrected chi connectivity index (χ3v) is 4.53. The number of ether oxygens (including phenoxy) is 2. The summed E-state index contributed by atoms with van der Waals surface area (Å²) in [5, 5.41) is 5.06.